The van der Waals surface area contributed by atoms with E-state index in [0.717, 1.165) is 11.4 Å². The molecule has 1 heterocycles. The first kappa shape index (κ1) is 8.93. The molecule has 0 aliphatic heterocycles. The smallest absolute Gasteiger partial charge is 0.220 e. The molecule has 1 rings (SSSR count). The van der Waals surface area contributed by atoms with E-state index < -0.39 is 0 Å². The highest BCUT2D eigenvalue weighted by Crippen LogP contribution is 2.02. The Morgan fingerprint density at radius 2 is 2.25 bits per heavy atom. The first-order chi connectivity index (χ1) is 5.72. The number of hydrogen-bond acceptors (Lipinski definition) is 4. The van der Waals surface area contributed by atoms with Crippen molar-refractivity contribution >= 4 is 5.95 Å². The van der Waals surface area contributed by atoms with E-state index in [1.165, 1.54) is 0 Å². The number of nitrogen functional groups attached to an aromatic ring is 1. The van der Waals surface area contributed by atoms with E-state index in [2.05, 4.69) is 9.97 Å². The fraction of sp³-hybridized carbons (Fsp3) is 0.500. The summed E-state index contributed by atoms with van der Waals surface area (Å²) >= 11 is 0. The molecule has 0 aliphatic carbocycles. The van der Waals surface area contributed by atoms with Crippen LogP contribution in [0.15, 0.2) is 6.07 Å². The average Bonchev–Trinajstić information content (AvgIpc) is 1.99. The SMILES string of the molecule is CCOCc1cc(C)nc(N)n1. The van der Waals surface area contributed by atoms with Gasteiger partial charge in [-0.15, -0.1) is 0 Å². The Labute approximate surface area is 71.8 Å². The standard InChI is InChI=1S/C8H13N3O/c1-3-12-5-7-4-6(2)10-8(9)11-7/h4H,3,5H2,1-2H3,(H2,9,10,11). The predicted octanol–water partition coefficient (Wildman–Crippen LogP) is 0.904. The first-order valence-corrected chi connectivity index (χ1v) is 3.90. The molecule has 1 aromatic heterocycles. The van der Waals surface area contributed by atoms with E-state index in [4.69, 9.17) is 10.5 Å². The van der Waals surface area contributed by atoms with E-state index in [9.17, 15) is 0 Å². The summed E-state index contributed by atoms with van der Waals surface area (Å²) < 4.78 is 5.18. The van der Waals surface area contributed by atoms with Crippen LogP contribution in [-0.2, 0) is 11.3 Å². The van der Waals surface area contributed by atoms with Gasteiger partial charge in [0.2, 0.25) is 5.95 Å². The lowest BCUT2D eigenvalue weighted by Crippen LogP contribution is -2.02. The van der Waals surface area contributed by atoms with Crippen molar-refractivity contribution < 1.29 is 4.74 Å². The molecule has 12 heavy (non-hydrogen) atoms. The molecule has 4 heteroatoms. The Balaban J connectivity index is 2.72. The van der Waals surface area contributed by atoms with Gasteiger partial charge < -0.3 is 10.5 Å². The Kier molecular flexibility index (Phi) is 2.99. The van der Waals surface area contributed by atoms with Gasteiger partial charge in [-0.1, -0.05) is 0 Å². The molecule has 0 saturated carbocycles. The Bertz CT molecular complexity index is 242. The van der Waals surface area contributed by atoms with Crippen molar-refractivity contribution in [2.24, 2.45) is 0 Å². The summed E-state index contributed by atoms with van der Waals surface area (Å²) in [6.07, 6.45) is 0. The highest BCUT2D eigenvalue weighted by Gasteiger charge is 1.97. The normalized spacial score (nSPS) is 10.2. The maximum Gasteiger partial charge on any atom is 0.220 e. The summed E-state index contributed by atoms with van der Waals surface area (Å²) in [7, 11) is 0. The monoisotopic (exact) mass is 167 g/mol. The Hall–Kier alpha value is -1.16. The summed E-state index contributed by atoms with van der Waals surface area (Å²) in [6.45, 7) is 5.01. The van der Waals surface area contributed by atoms with Gasteiger partial charge in [0, 0.05) is 12.3 Å². The molecule has 4 nitrogen and oxygen atoms in total. The minimum atomic E-state index is 0.310. The largest absolute Gasteiger partial charge is 0.375 e. The van der Waals surface area contributed by atoms with Gasteiger partial charge in [0.1, 0.15) is 0 Å². The topological polar surface area (TPSA) is 61.0 Å². The molecule has 0 unspecified atom stereocenters. The van der Waals surface area contributed by atoms with Gasteiger partial charge in [-0.3, -0.25) is 0 Å². The maximum absolute atomic E-state index is 5.45. The van der Waals surface area contributed by atoms with Crippen LogP contribution in [0.2, 0.25) is 0 Å². The lowest BCUT2D eigenvalue weighted by atomic mass is 10.3. The Morgan fingerprint density at radius 3 is 2.83 bits per heavy atom. The van der Waals surface area contributed by atoms with Crippen molar-refractivity contribution in [3.05, 3.63) is 17.5 Å². The minimum absolute atomic E-state index is 0.310. The van der Waals surface area contributed by atoms with Gasteiger partial charge in [-0.25, -0.2) is 9.97 Å². The number of hydrogen-bond donors (Lipinski definition) is 1. The van der Waals surface area contributed by atoms with Crippen molar-refractivity contribution in [3.63, 3.8) is 0 Å². The summed E-state index contributed by atoms with van der Waals surface area (Å²) in [5, 5.41) is 0. The second-order valence-electron chi connectivity index (χ2n) is 2.50. The predicted molar refractivity (Wildman–Crippen MR) is 46.5 cm³/mol. The molecule has 0 bridgehead atoms. The number of aryl methyl sites for hydroxylation is 1. The lowest BCUT2D eigenvalue weighted by Gasteiger charge is -2.02. The zero-order chi connectivity index (χ0) is 8.97. The average molecular weight is 167 g/mol. The van der Waals surface area contributed by atoms with Crippen LogP contribution < -0.4 is 5.73 Å². The zero-order valence-corrected chi connectivity index (χ0v) is 7.37. The van der Waals surface area contributed by atoms with Crippen LogP contribution in [0, 0.1) is 6.92 Å². The van der Waals surface area contributed by atoms with Gasteiger partial charge >= 0.3 is 0 Å². The second kappa shape index (κ2) is 4.01. The van der Waals surface area contributed by atoms with Crippen LogP contribution in [0.25, 0.3) is 0 Å². The van der Waals surface area contributed by atoms with Crippen molar-refractivity contribution in [2.45, 2.75) is 20.5 Å². The highest BCUT2D eigenvalue weighted by atomic mass is 16.5. The minimum Gasteiger partial charge on any atom is -0.375 e. The summed E-state index contributed by atoms with van der Waals surface area (Å²) in [5.41, 5.74) is 7.16. The van der Waals surface area contributed by atoms with Crippen LogP contribution in [0.5, 0.6) is 0 Å². The molecule has 0 spiro atoms. The number of nitrogens with two attached hydrogens (primary N) is 1. The third kappa shape index (κ3) is 2.47. The van der Waals surface area contributed by atoms with Crippen LogP contribution in [0.1, 0.15) is 18.3 Å². The van der Waals surface area contributed by atoms with E-state index in [-0.39, 0.29) is 0 Å². The van der Waals surface area contributed by atoms with Gasteiger partial charge in [0.15, 0.2) is 0 Å². The third-order valence-corrected chi connectivity index (χ3v) is 1.38. The highest BCUT2D eigenvalue weighted by molar-refractivity contribution is 5.21. The molecule has 0 saturated heterocycles. The molecular weight excluding hydrogens is 154 g/mol. The molecule has 66 valence electrons. The molecule has 1 aromatic rings. The number of rotatable bonds is 3. The molecule has 0 aromatic carbocycles. The molecular formula is C8H13N3O. The summed E-state index contributed by atoms with van der Waals surface area (Å²) in [4.78, 5) is 7.97. The number of ether oxygens (including phenoxy) is 1. The van der Waals surface area contributed by atoms with Crippen LogP contribution in [0.3, 0.4) is 0 Å². The van der Waals surface area contributed by atoms with Gasteiger partial charge in [-0.05, 0) is 19.9 Å². The number of anilines is 1. The molecule has 0 aliphatic rings. The molecule has 0 radical (unpaired) electrons. The summed E-state index contributed by atoms with van der Waals surface area (Å²) in [6, 6.07) is 1.87. The molecule has 0 amide bonds. The second-order valence-corrected chi connectivity index (χ2v) is 2.50. The lowest BCUT2D eigenvalue weighted by molar-refractivity contribution is 0.131. The first-order valence-electron chi connectivity index (χ1n) is 3.90. The van der Waals surface area contributed by atoms with Crippen molar-refractivity contribution in [1.82, 2.24) is 9.97 Å². The van der Waals surface area contributed by atoms with Crippen LogP contribution >= 0.6 is 0 Å². The van der Waals surface area contributed by atoms with Crippen molar-refractivity contribution in [1.29, 1.82) is 0 Å². The van der Waals surface area contributed by atoms with Gasteiger partial charge in [0.05, 0.1) is 12.3 Å². The van der Waals surface area contributed by atoms with Gasteiger partial charge in [-0.2, -0.15) is 0 Å². The van der Waals surface area contributed by atoms with Crippen molar-refractivity contribution in [3.8, 4) is 0 Å². The Morgan fingerprint density at radius 1 is 1.50 bits per heavy atom. The van der Waals surface area contributed by atoms with E-state index in [0.29, 0.717) is 19.2 Å². The molecule has 0 atom stereocenters. The van der Waals surface area contributed by atoms with E-state index >= 15 is 0 Å². The fourth-order valence-corrected chi connectivity index (χ4v) is 0.939. The number of nitrogens with zero attached hydrogens (tertiary/aromatic N) is 2. The molecule has 0 fully saturated rings. The van der Waals surface area contributed by atoms with E-state index in [1.807, 2.05) is 19.9 Å². The number of aromatic nitrogens is 2. The third-order valence-electron chi connectivity index (χ3n) is 1.38. The molecule has 2 N–H and O–H groups in total. The fourth-order valence-electron chi connectivity index (χ4n) is 0.939. The quantitative estimate of drug-likeness (QED) is 0.726. The van der Waals surface area contributed by atoms with E-state index in [1.54, 1.807) is 0 Å². The summed E-state index contributed by atoms with van der Waals surface area (Å²) in [5.74, 6) is 0.310. The zero-order valence-electron chi connectivity index (χ0n) is 7.37. The van der Waals surface area contributed by atoms with Crippen molar-refractivity contribution in [2.75, 3.05) is 12.3 Å². The van der Waals surface area contributed by atoms with Crippen LogP contribution in [-0.4, -0.2) is 16.6 Å². The van der Waals surface area contributed by atoms with Crippen LogP contribution in [0.4, 0.5) is 5.95 Å². The van der Waals surface area contributed by atoms with Gasteiger partial charge in [0.25, 0.3) is 0 Å². The maximum atomic E-state index is 5.45.